The summed E-state index contributed by atoms with van der Waals surface area (Å²) >= 11 is 7.89. The van der Waals surface area contributed by atoms with E-state index in [0.29, 0.717) is 0 Å². The molecule has 24 heavy (non-hydrogen) atoms. The van der Waals surface area contributed by atoms with Gasteiger partial charge in [0.05, 0.1) is 9.79 Å². The van der Waals surface area contributed by atoms with Gasteiger partial charge in [0.2, 0.25) is 19.7 Å². The van der Waals surface area contributed by atoms with Crippen LogP contribution in [-0.2, 0) is 19.7 Å². The first-order valence-electron chi connectivity index (χ1n) is 6.82. The number of hydrogen-bond donors (Lipinski definition) is 2. The van der Waals surface area contributed by atoms with Crippen molar-refractivity contribution >= 4 is 44.9 Å². The zero-order valence-electron chi connectivity index (χ0n) is 13.0. The average molecular weight is 401 g/mol. The summed E-state index contributed by atoms with van der Waals surface area (Å²) in [6.07, 6.45) is 0. The second kappa shape index (κ2) is 6.95. The van der Waals surface area contributed by atoms with Crippen LogP contribution in [0, 0.1) is 13.8 Å². The molecule has 0 fully saturated rings. The Bertz CT molecular complexity index is 902. The van der Waals surface area contributed by atoms with Gasteiger partial charge in [-0.3, -0.25) is 0 Å². The normalized spacial score (nSPS) is 13.5. The first-order chi connectivity index (χ1) is 11.1. The number of thiol groups is 2. The van der Waals surface area contributed by atoms with Gasteiger partial charge < -0.3 is 0 Å². The van der Waals surface area contributed by atoms with Crippen LogP contribution < -0.4 is 0 Å². The predicted octanol–water partition coefficient (Wildman–Crippen LogP) is 3.54. The van der Waals surface area contributed by atoms with Crippen LogP contribution in [0.5, 0.6) is 0 Å². The molecule has 0 saturated carbocycles. The van der Waals surface area contributed by atoms with Crippen molar-refractivity contribution in [2.45, 2.75) is 23.6 Å². The van der Waals surface area contributed by atoms with Crippen LogP contribution in [-0.4, -0.2) is 16.8 Å². The van der Waals surface area contributed by atoms with E-state index >= 15 is 0 Å². The fourth-order valence-corrected chi connectivity index (χ4v) is 5.79. The molecule has 8 heteroatoms. The van der Waals surface area contributed by atoms with Gasteiger partial charge in [0.15, 0.2) is 0 Å². The van der Waals surface area contributed by atoms with Crippen molar-refractivity contribution in [2.75, 3.05) is 0 Å². The fraction of sp³-hybridized carbons (Fsp3) is 0.125. The van der Waals surface area contributed by atoms with Crippen molar-refractivity contribution in [1.29, 1.82) is 0 Å². The average Bonchev–Trinajstić information content (AvgIpc) is 2.54. The van der Waals surface area contributed by atoms with E-state index in [2.05, 4.69) is 25.3 Å². The molecule has 2 aromatic rings. The zero-order valence-corrected chi connectivity index (χ0v) is 16.4. The quantitative estimate of drug-likeness (QED) is 0.771. The van der Waals surface area contributed by atoms with E-state index in [-0.39, 0.29) is 9.79 Å². The number of benzene rings is 2. The van der Waals surface area contributed by atoms with Crippen molar-refractivity contribution < 1.29 is 16.8 Å². The minimum absolute atomic E-state index is 0.0382. The lowest BCUT2D eigenvalue weighted by Gasteiger charge is -2.09. The van der Waals surface area contributed by atoms with Crippen molar-refractivity contribution in [3.8, 4) is 0 Å². The third-order valence-electron chi connectivity index (χ3n) is 3.35. The molecule has 2 aromatic carbocycles. The van der Waals surface area contributed by atoms with E-state index in [4.69, 9.17) is 0 Å². The first-order valence-corrected chi connectivity index (χ1v) is 10.7. The Hall–Kier alpha value is -1.22. The Balaban J connectivity index is 2.57. The van der Waals surface area contributed by atoms with Gasteiger partial charge >= 0.3 is 0 Å². The molecule has 0 aliphatic carbocycles. The summed E-state index contributed by atoms with van der Waals surface area (Å²) < 4.78 is 49.1. The third kappa shape index (κ3) is 3.72. The summed E-state index contributed by atoms with van der Waals surface area (Å²) in [5, 5.41) is 0. The highest BCUT2D eigenvalue weighted by Crippen LogP contribution is 2.32. The smallest absolute Gasteiger partial charge is 0.214 e. The molecule has 0 aliphatic heterocycles. The van der Waals surface area contributed by atoms with Crippen molar-refractivity contribution in [3.63, 3.8) is 0 Å². The van der Waals surface area contributed by atoms with Crippen LogP contribution in [0.4, 0.5) is 0 Å². The molecule has 0 radical (unpaired) electrons. The van der Waals surface area contributed by atoms with Gasteiger partial charge in [-0.15, -0.1) is 25.3 Å². The Morgan fingerprint density at radius 2 is 0.875 bits per heavy atom. The van der Waals surface area contributed by atoms with Gasteiger partial charge in [0, 0.05) is 0 Å². The maximum absolute atomic E-state index is 12.6. The molecule has 0 N–H and O–H groups in total. The minimum atomic E-state index is -4.07. The lowest BCUT2D eigenvalue weighted by atomic mass is 10.2. The molecule has 128 valence electrons. The van der Waals surface area contributed by atoms with Crippen LogP contribution in [0.25, 0.3) is 0 Å². The van der Waals surface area contributed by atoms with E-state index in [0.717, 1.165) is 11.1 Å². The molecule has 0 aromatic heterocycles. The van der Waals surface area contributed by atoms with E-state index < -0.39 is 28.1 Å². The maximum atomic E-state index is 12.6. The van der Waals surface area contributed by atoms with Crippen molar-refractivity contribution in [2.24, 2.45) is 0 Å². The molecule has 0 amide bonds. The second-order valence-corrected chi connectivity index (χ2v) is 10.5. The minimum Gasteiger partial charge on any atom is -0.218 e. The van der Waals surface area contributed by atoms with Gasteiger partial charge in [0.1, 0.15) is 8.47 Å². The van der Waals surface area contributed by atoms with Crippen LogP contribution in [0.1, 0.15) is 11.1 Å². The summed E-state index contributed by atoms with van der Waals surface area (Å²) in [6, 6.07) is 12.1. The number of hydrogen-bond acceptors (Lipinski definition) is 6. The van der Waals surface area contributed by atoms with E-state index in [1.54, 1.807) is 24.3 Å². The maximum Gasteiger partial charge on any atom is 0.214 e. The Morgan fingerprint density at radius 1 is 0.625 bits per heavy atom. The van der Waals surface area contributed by atoms with E-state index in [1.807, 2.05) is 13.8 Å². The molecule has 0 bridgehead atoms. The van der Waals surface area contributed by atoms with Crippen LogP contribution >= 0.6 is 25.3 Å². The van der Waals surface area contributed by atoms with Crippen LogP contribution in [0.15, 0.2) is 66.8 Å². The first kappa shape index (κ1) is 19.1. The summed E-state index contributed by atoms with van der Waals surface area (Å²) in [5.41, 5.74) is 1.77. The van der Waals surface area contributed by atoms with Crippen molar-refractivity contribution in [1.82, 2.24) is 0 Å². The standard InChI is InChI=1S/C16H16O4S4/c1-11-3-7-13(8-4-11)23(17,18)15(21)16(22)24(19,20)14-9-5-12(2)6-10-14/h3-10,21-22H,1-2H3/b16-15+. The highest BCUT2D eigenvalue weighted by molar-refractivity contribution is 8.16. The molecular formula is C16H16O4S4. The molecule has 0 saturated heterocycles. The molecule has 0 spiro atoms. The van der Waals surface area contributed by atoms with Crippen molar-refractivity contribution in [3.05, 3.63) is 68.1 Å². The summed E-state index contributed by atoms with van der Waals surface area (Å²) in [7, 11) is -8.13. The molecule has 0 heterocycles. The Labute approximate surface area is 153 Å². The number of rotatable bonds is 4. The summed E-state index contributed by atoms with van der Waals surface area (Å²) in [4.78, 5) is -0.0764. The molecule has 0 unspecified atom stereocenters. The van der Waals surface area contributed by atoms with E-state index in [1.165, 1.54) is 24.3 Å². The molecule has 2 rings (SSSR count). The SMILES string of the molecule is Cc1ccc(S(=O)(=O)/C(S)=C(\S)S(=O)(=O)c2ccc(C)cc2)cc1. The van der Waals surface area contributed by atoms with Gasteiger partial charge in [-0.05, 0) is 38.1 Å². The van der Waals surface area contributed by atoms with Crippen LogP contribution in [0.3, 0.4) is 0 Å². The largest absolute Gasteiger partial charge is 0.218 e. The van der Waals surface area contributed by atoms with Gasteiger partial charge in [0.25, 0.3) is 0 Å². The lowest BCUT2D eigenvalue weighted by molar-refractivity contribution is 0.599. The second-order valence-electron chi connectivity index (χ2n) is 5.24. The number of sulfone groups is 2. The van der Waals surface area contributed by atoms with E-state index in [9.17, 15) is 16.8 Å². The number of aryl methyl sites for hydroxylation is 2. The fourth-order valence-electron chi connectivity index (χ4n) is 1.89. The highest BCUT2D eigenvalue weighted by atomic mass is 32.3. The topological polar surface area (TPSA) is 68.3 Å². The molecule has 0 aliphatic rings. The predicted molar refractivity (Wildman–Crippen MR) is 102 cm³/mol. The summed E-state index contributed by atoms with van der Waals surface area (Å²) in [5.74, 6) is 0. The highest BCUT2D eigenvalue weighted by Gasteiger charge is 2.28. The summed E-state index contributed by atoms with van der Waals surface area (Å²) in [6.45, 7) is 3.64. The molecule has 4 nitrogen and oxygen atoms in total. The van der Waals surface area contributed by atoms with Gasteiger partial charge in [-0.25, -0.2) is 16.8 Å². The van der Waals surface area contributed by atoms with Gasteiger partial charge in [-0.2, -0.15) is 0 Å². The monoisotopic (exact) mass is 400 g/mol. The Morgan fingerprint density at radius 3 is 1.12 bits per heavy atom. The third-order valence-corrected chi connectivity index (χ3v) is 9.06. The zero-order chi connectivity index (χ0) is 18.1. The molecule has 0 atom stereocenters. The van der Waals surface area contributed by atoms with Crippen LogP contribution in [0.2, 0.25) is 0 Å². The lowest BCUT2D eigenvalue weighted by Crippen LogP contribution is -2.08. The Kier molecular flexibility index (Phi) is 5.54. The van der Waals surface area contributed by atoms with Gasteiger partial charge in [-0.1, -0.05) is 35.4 Å². The molecular weight excluding hydrogens is 384 g/mol.